The van der Waals surface area contributed by atoms with Crippen LogP contribution in [0.15, 0.2) is 77.7 Å². The molecule has 0 unspecified atom stereocenters. The second-order valence-corrected chi connectivity index (χ2v) is 25.7. The van der Waals surface area contributed by atoms with Crippen molar-refractivity contribution in [3.05, 3.63) is 117 Å². The zero-order valence-corrected chi connectivity index (χ0v) is 57.0. The lowest BCUT2D eigenvalue weighted by Crippen LogP contribution is -2.53. The smallest absolute Gasteiger partial charge is 0.411 e. The minimum Gasteiger partial charge on any atom is -0.508 e. The van der Waals surface area contributed by atoms with Crippen LogP contribution < -0.4 is 37.6 Å². The number of esters is 1. The number of benzene rings is 2. The van der Waals surface area contributed by atoms with Crippen LogP contribution in [0, 0.1) is 5.92 Å². The number of pyridine rings is 3. The molecular weight excluding hydrogens is 1290 g/mol. The molecule has 7 amide bonds. The predicted octanol–water partition coefficient (Wildman–Crippen LogP) is 3.19. The molecule has 2 aromatic carbocycles. The van der Waals surface area contributed by atoms with E-state index in [0.29, 0.717) is 46.8 Å². The van der Waals surface area contributed by atoms with E-state index >= 15 is 0 Å². The van der Waals surface area contributed by atoms with Crippen molar-refractivity contribution in [1.82, 2.24) is 60.6 Å². The maximum Gasteiger partial charge on any atom is 0.411 e. The van der Waals surface area contributed by atoms with E-state index in [1.54, 1.807) is 87.1 Å². The summed E-state index contributed by atoms with van der Waals surface area (Å²) < 4.78 is 64.6. The highest BCUT2D eigenvalue weighted by Gasteiger charge is 2.51. The highest BCUT2D eigenvalue weighted by molar-refractivity contribution is 7.85. The second-order valence-electron chi connectivity index (χ2n) is 24.2. The van der Waals surface area contributed by atoms with Gasteiger partial charge in [-0.2, -0.15) is 8.42 Å². The van der Waals surface area contributed by atoms with Gasteiger partial charge in [-0.15, -0.1) is 0 Å². The summed E-state index contributed by atoms with van der Waals surface area (Å²) in [6, 6.07) is 15.0. The van der Waals surface area contributed by atoms with Gasteiger partial charge in [0.25, 0.3) is 15.7 Å². The number of aromatic nitrogens is 4. The number of aromatic hydroxyl groups is 1. The molecule has 6 aromatic rings. The van der Waals surface area contributed by atoms with Gasteiger partial charge in [-0.25, -0.2) is 29.4 Å². The van der Waals surface area contributed by atoms with Gasteiger partial charge < -0.3 is 74.3 Å². The van der Waals surface area contributed by atoms with Gasteiger partial charge in [0, 0.05) is 99.6 Å². The Hall–Kier alpha value is -9.60. The Kier molecular flexibility index (Phi) is 25.1. The molecule has 0 fully saturated rings. The highest BCUT2D eigenvalue weighted by Crippen LogP contribution is 2.43. The molecule has 2 aliphatic rings. The Morgan fingerprint density at radius 1 is 0.816 bits per heavy atom. The number of cyclic esters (lactones) is 1. The lowest BCUT2D eigenvalue weighted by atomic mass is 9.85. The van der Waals surface area contributed by atoms with Crippen molar-refractivity contribution in [2.24, 2.45) is 5.92 Å². The number of amides is 7. The molecule has 0 aliphatic carbocycles. The molecule has 0 spiro atoms. The van der Waals surface area contributed by atoms with Crippen LogP contribution >= 0.6 is 0 Å². The molecule has 4 aromatic heterocycles. The molecule has 0 radical (unpaired) electrons. The van der Waals surface area contributed by atoms with E-state index in [-0.39, 0.29) is 114 Å². The molecule has 6 heterocycles. The zero-order chi connectivity index (χ0) is 71.2. The number of phenols is 1. The molecular formula is C66H85N13O18S. The fraction of sp³-hybridized carbons (Fsp3) is 0.470. The number of nitrogens with zero attached hydrogens (tertiary/aromatic N) is 7. The van der Waals surface area contributed by atoms with Gasteiger partial charge >= 0.3 is 18.2 Å². The van der Waals surface area contributed by atoms with Crippen LogP contribution in [-0.2, 0) is 107 Å². The molecule has 528 valence electrons. The maximum atomic E-state index is 14.2. The van der Waals surface area contributed by atoms with Crippen LogP contribution in [0.4, 0.5) is 15.3 Å². The topological polar surface area (TPSA) is 392 Å². The molecule has 2 aliphatic heterocycles. The summed E-state index contributed by atoms with van der Waals surface area (Å²) in [6.07, 6.45) is 0.294. The standard InChI is InChI=1S/C66H85N13O18S/c1-10-46-47-32-45(80)18-19-51(47)73-57-48(46)35-79-53(57)33-50-49(62(79)86)37-95-63(87)66(50,11-2)97-65(89)76(8)26-25-75(7)64(88)96-36-41-14-16-43(17-15-41)71-59(83)40(5)70-61(85)56(39(3)4)74-55(82)21-27-93-29-30-94-28-23-69-60(84)52(38-98(90,91)92)72-54(81)20-24-78-44(34-77(9)67-6)31-42-13-12-22-68-58(42)78/h12-19,22,31-33,39-40,52,56,67,80H,10-11,20-21,23-30,34-38H2,1-9H3,(H,69,84)(H,70,85)(H,71,83)(H,72,81)(H,74,82)(H,90,91,92)/t40-,52-,56-,66-/m0/s1. The highest BCUT2D eigenvalue weighted by atomic mass is 32.2. The van der Waals surface area contributed by atoms with E-state index in [1.807, 2.05) is 35.7 Å². The third-order valence-electron chi connectivity index (χ3n) is 16.9. The third kappa shape index (κ3) is 18.3. The fourth-order valence-corrected chi connectivity index (χ4v) is 12.0. The number of anilines is 1. The molecule has 0 saturated carbocycles. The van der Waals surface area contributed by atoms with Crippen LogP contribution in [0.5, 0.6) is 5.75 Å². The van der Waals surface area contributed by atoms with Gasteiger partial charge in [0.1, 0.15) is 48.5 Å². The second kappa shape index (κ2) is 33.1. The van der Waals surface area contributed by atoms with Gasteiger partial charge in [0.15, 0.2) is 0 Å². The lowest BCUT2D eigenvalue weighted by molar-refractivity contribution is -0.173. The SMILES string of the molecule is CCc1c2c(nc3ccc(O)cc13)-c1cc3c(c(=O)n1C2)COC(=O)[C@@]3(CC)OC(=O)N(C)CCN(C)C(=O)OCc1ccc(NC(=O)[C@H](C)NC(=O)[C@@H](NC(=O)CCOCCOCCNC(=O)[C@H](CS(=O)(=O)O)NC(=O)CCn2c(CN(C)NC)cc3cccnc32)C(C)C)cc1. The van der Waals surface area contributed by atoms with E-state index in [4.69, 9.17) is 28.7 Å². The fourth-order valence-electron chi connectivity index (χ4n) is 11.3. The van der Waals surface area contributed by atoms with Crippen molar-refractivity contribution in [3.8, 4) is 17.1 Å². The minimum absolute atomic E-state index is 0.00629. The van der Waals surface area contributed by atoms with Crippen LogP contribution in [0.3, 0.4) is 0 Å². The summed E-state index contributed by atoms with van der Waals surface area (Å²) >= 11 is 0. The van der Waals surface area contributed by atoms with Gasteiger partial charge in [-0.1, -0.05) is 39.8 Å². The minimum atomic E-state index is -4.68. The summed E-state index contributed by atoms with van der Waals surface area (Å²) in [6.45, 7) is 8.86. The van der Waals surface area contributed by atoms with Crippen LogP contribution in [0.1, 0.15) is 87.4 Å². The molecule has 0 bridgehead atoms. The number of hydrogen-bond donors (Lipinski definition) is 8. The Morgan fingerprint density at radius 3 is 2.20 bits per heavy atom. The number of hydrogen-bond acceptors (Lipinski definition) is 21. The molecule has 98 heavy (non-hydrogen) atoms. The summed E-state index contributed by atoms with van der Waals surface area (Å²) in [5.74, 6) is -5.32. The number of ether oxygens (including phenoxy) is 5. The van der Waals surface area contributed by atoms with Gasteiger partial charge in [0.2, 0.25) is 35.1 Å². The Balaban J connectivity index is 0.707. The van der Waals surface area contributed by atoms with E-state index in [0.717, 1.165) is 27.6 Å². The molecule has 0 saturated heterocycles. The predicted molar refractivity (Wildman–Crippen MR) is 357 cm³/mol. The normalized spacial score (nSPS) is 14.9. The largest absolute Gasteiger partial charge is 0.508 e. The summed E-state index contributed by atoms with van der Waals surface area (Å²) in [7, 11) is 1.85. The average Bonchev–Trinajstić information content (AvgIpc) is 1.45. The van der Waals surface area contributed by atoms with Gasteiger partial charge in [-0.05, 0) is 98.5 Å². The Labute approximate surface area is 565 Å². The van der Waals surface area contributed by atoms with Crippen molar-refractivity contribution in [1.29, 1.82) is 0 Å². The third-order valence-corrected chi connectivity index (χ3v) is 17.6. The summed E-state index contributed by atoms with van der Waals surface area (Å²) in [5, 5.41) is 26.7. The number of phenolic OH excluding ortho intramolecular Hbond substituents is 1. The lowest BCUT2D eigenvalue weighted by Gasteiger charge is -2.36. The average molecular weight is 1380 g/mol. The van der Waals surface area contributed by atoms with Crippen molar-refractivity contribution in [3.63, 3.8) is 0 Å². The molecule has 31 nitrogen and oxygen atoms in total. The molecule has 8 N–H and O–H groups in total. The first-order chi connectivity index (χ1) is 46.6. The van der Waals surface area contributed by atoms with E-state index in [1.165, 1.54) is 36.9 Å². The number of likely N-dealkylation sites (N-methyl/N-ethyl adjacent to an activating group) is 2. The summed E-state index contributed by atoms with van der Waals surface area (Å²) in [5.41, 5.74) is 6.82. The number of carbonyl (C=O) groups is 8. The zero-order valence-electron chi connectivity index (χ0n) is 56.2. The molecule has 4 atom stereocenters. The first kappa shape index (κ1) is 74.2. The van der Waals surface area contributed by atoms with Crippen molar-refractivity contribution in [2.75, 3.05) is 85.3 Å². The Bertz CT molecular complexity index is 4130. The van der Waals surface area contributed by atoms with Gasteiger partial charge in [-0.3, -0.25) is 38.7 Å². The van der Waals surface area contributed by atoms with Crippen molar-refractivity contribution >= 4 is 85.4 Å². The van der Waals surface area contributed by atoms with E-state index in [9.17, 15) is 61.2 Å². The number of fused-ring (bicyclic) bond motifs is 6. The molecule has 8 rings (SSSR count). The quantitative estimate of drug-likeness (QED) is 0.00962. The maximum absolute atomic E-state index is 14.2. The first-order valence-corrected chi connectivity index (χ1v) is 33.7. The number of hydrazine groups is 1. The van der Waals surface area contributed by atoms with Crippen LogP contribution in [0.2, 0.25) is 0 Å². The monoisotopic (exact) mass is 1380 g/mol. The number of rotatable bonds is 33. The Morgan fingerprint density at radius 2 is 1.52 bits per heavy atom. The number of carbonyl (C=O) groups excluding carboxylic acids is 8. The first-order valence-electron chi connectivity index (χ1n) is 32.1. The van der Waals surface area contributed by atoms with Gasteiger partial charge in [0.05, 0.1) is 62.0 Å². The van der Waals surface area contributed by atoms with Crippen molar-refractivity contribution < 1.29 is 80.1 Å². The number of aryl methyl sites for hydroxylation is 2. The number of nitrogens with one attached hydrogen (secondary N) is 6. The molecule has 32 heteroatoms. The van der Waals surface area contributed by atoms with E-state index < -0.39 is 92.8 Å². The van der Waals surface area contributed by atoms with Crippen LogP contribution in [0.25, 0.3) is 33.3 Å². The van der Waals surface area contributed by atoms with Crippen LogP contribution in [-0.4, -0.2) is 198 Å². The van der Waals surface area contributed by atoms with Crippen molar-refractivity contribution in [2.45, 2.75) is 117 Å². The van der Waals surface area contributed by atoms with E-state index in [2.05, 4.69) is 37.0 Å². The summed E-state index contributed by atoms with van der Waals surface area (Å²) in [4.78, 5) is 132.